The van der Waals surface area contributed by atoms with Crippen molar-refractivity contribution in [1.82, 2.24) is 0 Å². The molecule has 2 aromatic rings. The Kier molecular flexibility index (Phi) is 5.74. The van der Waals surface area contributed by atoms with Gasteiger partial charge in [0.2, 0.25) is 0 Å². The molecule has 0 radical (unpaired) electrons. The first-order chi connectivity index (χ1) is 12.1. The minimum absolute atomic E-state index is 0.0767. The molecule has 11 heteroatoms. The van der Waals surface area contributed by atoms with Gasteiger partial charge in [-0.05, 0) is 31.2 Å². The SMILES string of the molecule is CC(C(=O)O)N(c1cc(Cl)cc(Cl)c1)S(=O)(=O)c1ccccc1[N+](=O)[O-]. The number of nitrogens with zero attached hydrogens (tertiary/aromatic N) is 2. The average molecular weight is 419 g/mol. The van der Waals surface area contributed by atoms with E-state index in [1.165, 1.54) is 30.3 Å². The zero-order chi connectivity index (χ0) is 19.6. The summed E-state index contributed by atoms with van der Waals surface area (Å²) in [4.78, 5) is 21.2. The number of sulfonamides is 1. The number of para-hydroxylation sites is 1. The molecule has 0 aromatic heterocycles. The Morgan fingerprint density at radius 1 is 1.19 bits per heavy atom. The molecule has 1 unspecified atom stereocenters. The summed E-state index contributed by atoms with van der Waals surface area (Å²) in [7, 11) is -4.61. The molecule has 0 amide bonds. The lowest BCUT2D eigenvalue weighted by Gasteiger charge is -2.28. The molecule has 26 heavy (non-hydrogen) atoms. The molecular weight excluding hydrogens is 407 g/mol. The molecule has 0 saturated carbocycles. The molecular formula is C15H12Cl2N2O6S. The molecule has 0 bridgehead atoms. The molecule has 8 nitrogen and oxygen atoms in total. The van der Waals surface area contributed by atoms with E-state index in [-0.39, 0.29) is 15.7 Å². The number of carbonyl (C=O) groups is 1. The van der Waals surface area contributed by atoms with Crippen LogP contribution in [0.3, 0.4) is 0 Å². The van der Waals surface area contributed by atoms with Crippen molar-refractivity contribution < 1.29 is 23.2 Å². The summed E-state index contributed by atoms with van der Waals surface area (Å²) in [5.41, 5.74) is -0.807. The number of hydrogen-bond donors (Lipinski definition) is 1. The van der Waals surface area contributed by atoms with E-state index in [1.807, 2.05) is 0 Å². The highest BCUT2D eigenvalue weighted by Crippen LogP contribution is 2.34. The Balaban J connectivity index is 2.77. The lowest BCUT2D eigenvalue weighted by atomic mass is 10.2. The van der Waals surface area contributed by atoms with E-state index in [0.29, 0.717) is 4.31 Å². The summed E-state index contributed by atoms with van der Waals surface area (Å²) >= 11 is 11.8. The first kappa shape index (κ1) is 20.0. The van der Waals surface area contributed by atoms with Crippen molar-refractivity contribution in [2.45, 2.75) is 17.9 Å². The van der Waals surface area contributed by atoms with E-state index < -0.39 is 37.5 Å². The Morgan fingerprint density at radius 2 is 1.73 bits per heavy atom. The Labute approximate surface area is 158 Å². The number of aliphatic carboxylic acids is 1. The van der Waals surface area contributed by atoms with E-state index in [4.69, 9.17) is 23.2 Å². The Morgan fingerprint density at radius 3 is 2.23 bits per heavy atom. The van der Waals surface area contributed by atoms with Gasteiger partial charge in [-0.2, -0.15) is 0 Å². The lowest BCUT2D eigenvalue weighted by Crippen LogP contribution is -2.43. The zero-order valence-corrected chi connectivity index (χ0v) is 15.5. The largest absolute Gasteiger partial charge is 0.480 e. The van der Waals surface area contributed by atoms with Crippen LogP contribution in [0.5, 0.6) is 0 Å². The summed E-state index contributed by atoms with van der Waals surface area (Å²) < 4.78 is 26.7. The van der Waals surface area contributed by atoms with Gasteiger partial charge in [-0.1, -0.05) is 35.3 Å². The van der Waals surface area contributed by atoms with Gasteiger partial charge in [0.1, 0.15) is 6.04 Å². The molecule has 2 aromatic carbocycles. The van der Waals surface area contributed by atoms with Gasteiger partial charge in [0.05, 0.1) is 10.6 Å². The fourth-order valence-corrected chi connectivity index (χ4v) is 4.54. The molecule has 0 aliphatic rings. The zero-order valence-electron chi connectivity index (χ0n) is 13.2. The number of rotatable bonds is 6. The molecule has 0 saturated heterocycles. The van der Waals surface area contributed by atoms with Gasteiger partial charge in [-0.15, -0.1) is 0 Å². The summed E-state index contributed by atoms with van der Waals surface area (Å²) in [5.74, 6) is -1.46. The minimum Gasteiger partial charge on any atom is -0.480 e. The van der Waals surface area contributed by atoms with Crippen molar-refractivity contribution in [3.63, 3.8) is 0 Å². The fourth-order valence-electron chi connectivity index (χ4n) is 2.27. The maximum atomic E-state index is 13.1. The first-order valence-corrected chi connectivity index (χ1v) is 9.22. The molecule has 1 atom stereocenters. The number of halogens is 2. The number of nitro groups is 1. The van der Waals surface area contributed by atoms with Crippen LogP contribution in [0.1, 0.15) is 6.92 Å². The van der Waals surface area contributed by atoms with Crippen molar-refractivity contribution in [3.05, 3.63) is 62.6 Å². The summed E-state index contributed by atoms with van der Waals surface area (Å²) in [6.07, 6.45) is 0. The normalized spacial score (nSPS) is 12.4. The van der Waals surface area contributed by atoms with Gasteiger partial charge in [0.15, 0.2) is 4.90 Å². The number of carboxylic acid groups (broad SMARTS) is 1. The third kappa shape index (κ3) is 3.90. The fraction of sp³-hybridized carbons (Fsp3) is 0.133. The van der Waals surface area contributed by atoms with E-state index in [1.54, 1.807) is 0 Å². The number of nitro benzene ring substituents is 1. The van der Waals surface area contributed by atoms with Crippen molar-refractivity contribution in [3.8, 4) is 0 Å². The molecule has 0 fully saturated rings. The van der Waals surface area contributed by atoms with E-state index in [0.717, 1.165) is 19.1 Å². The Bertz CT molecular complexity index is 960. The number of hydrogen-bond acceptors (Lipinski definition) is 5. The third-order valence-corrected chi connectivity index (χ3v) is 5.79. The molecule has 0 aliphatic carbocycles. The molecule has 1 N–H and O–H groups in total. The number of benzene rings is 2. The average Bonchev–Trinajstić information content (AvgIpc) is 2.53. The van der Waals surface area contributed by atoms with Crippen LogP contribution in [0.15, 0.2) is 47.4 Å². The topological polar surface area (TPSA) is 118 Å². The minimum atomic E-state index is -4.61. The molecule has 138 valence electrons. The van der Waals surface area contributed by atoms with Crippen LogP contribution in [-0.2, 0) is 14.8 Å². The summed E-state index contributed by atoms with van der Waals surface area (Å²) in [6.45, 7) is 1.13. The molecule has 0 spiro atoms. The van der Waals surface area contributed by atoms with Gasteiger partial charge in [0, 0.05) is 16.1 Å². The smallest absolute Gasteiger partial charge is 0.327 e. The maximum Gasteiger partial charge on any atom is 0.327 e. The summed E-state index contributed by atoms with van der Waals surface area (Å²) in [5, 5.41) is 20.7. The second-order valence-corrected chi connectivity index (χ2v) is 7.82. The first-order valence-electron chi connectivity index (χ1n) is 7.02. The second-order valence-electron chi connectivity index (χ2n) is 5.17. The second kappa shape index (κ2) is 7.48. The lowest BCUT2D eigenvalue weighted by molar-refractivity contribution is -0.387. The highest BCUT2D eigenvalue weighted by molar-refractivity contribution is 7.93. The quantitative estimate of drug-likeness (QED) is 0.565. The van der Waals surface area contributed by atoms with Gasteiger partial charge in [-0.25, -0.2) is 13.2 Å². The standard InChI is InChI=1S/C15H12Cl2N2O6S/c1-9(15(20)21)18(12-7-10(16)6-11(17)8-12)26(24,25)14-5-3-2-4-13(14)19(22)23/h2-9H,1H3,(H,20,21). The molecule has 0 heterocycles. The van der Waals surface area contributed by atoms with Crippen molar-refractivity contribution in [2.24, 2.45) is 0 Å². The highest BCUT2D eigenvalue weighted by Gasteiger charge is 2.37. The molecule has 2 rings (SSSR count). The monoisotopic (exact) mass is 418 g/mol. The van der Waals surface area contributed by atoms with Crippen LogP contribution < -0.4 is 4.31 Å². The van der Waals surface area contributed by atoms with Crippen LogP contribution in [0.4, 0.5) is 11.4 Å². The maximum absolute atomic E-state index is 13.1. The van der Waals surface area contributed by atoms with Crippen LogP contribution in [0, 0.1) is 10.1 Å². The van der Waals surface area contributed by atoms with Crippen molar-refractivity contribution in [1.29, 1.82) is 0 Å². The Hall–Kier alpha value is -2.36. The van der Waals surface area contributed by atoms with E-state index in [2.05, 4.69) is 0 Å². The van der Waals surface area contributed by atoms with Crippen molar-refractivity contribution >= 4 is 50.6 Å². The van der Waals surface area contributed by atoms with E-state index in [9.17, 15) is 28.4 Å². The third-order valence-electron chi connectivity index (χ3n) is 3.41. The van der Waals surface area contributed by atoms with Crippen LogP contribution in [-0.4, -0.2) is 30.5 Å². The van der Waals surface area contributed by atoms with Crippen molar-refractivity contribution in [2.75, 3.05) is 4.31 Å². The van der Waals surface area contributed by atoms with Crippen LogP contribution >= 0.6 is 23.2 Å². The number of anilines is 1. The highest BCUT2D eigenvalue weighted by atomic mass is 35.5. The van der Waals surface area contributed by atoms with Gasteiger partial charge >= 0.3 is 5.97 Å². The van der Waals surface area contributed by atoms with E-state index >= 15 is 0 Å². The van der Waals surface area contributed by atoms with Crippen LogP contribution in [0.2, 0.25) is 10.0 Å². The van der Waals surface area contributed by atoms with Gasteiger partial charge < -0.3 is 5.11 Å². The number of carboxylic acids is 1. The predicted molar refractivity (Wildman–Crippen MR) is 96.3 cm³/mol. The van der Waals surface area contributed by atoms with Gasteiger partial charge in [-0.3, -0.25) is 14.4 Å². The summed E-state index contributed by atoms with van der Waals surface area (Å²) in [6, 6.07) is 6.83. The molecule has 0 aliphatic heterocycles. The predicted octanol–water partition coefficient (Wildman–Crippen LogP) is 3.57. The van der Waals surface area contributed by atoms with Crippen LogP contribution in [0.25, 0.3) is 0 Å². The van der Waals surface area contributed by atoms with Gasteiger partial charge in [0.25, 0.3) is 15.7 Å².